The van der Waals surface area contributed by atoms with E-state index < -0.39 is 0 Å². The number of hydrogen-bond donors (Lipinski definition) is 2. The number of nitrogens with zero attached hydrogens (tertiary/aromatic N) is 2. The second-order valence-electron chi connectivity index (χ2n) is 3.72. The Morgan fingerprint density at radius 2 is 2.06 bits per heavy atom. The molecule has 0 aliphatic carbocycles. The van der Waals surface area contributed by atoms with Gasteiger partial charge in [-0.1, -0.05) is 11.6 Å². The maximum atomic E-state index is 9.62. The molecule has 0 aliphatic rings. The van der Waals surface area contributed by atoms with Gasteiger partial charge in [-0.3, -0.25) is 4.68 Å². The van der Waals surface area contributed by atoms with Crippen LogP contribution >= 0.6 is 11.6 Å². The fraction of sp³-hybridized carbons (Fsp3) is 0.182. The minimum atomic E-state index is 0.0564. The van der Waals surface area contributed by atoms with Gasteiger partial charge in [-0.2, -0.15) is 5.10 Å². The zero-order valence-electron chi connectivity index (χ0n) is 9.03. The number of aromatic hydroxyl groups is 1. The largest absolute Gasteiger partial charge is 0.506 e. The molecule has 0 saturated carbocycles. The Kier molecular flexibility index (Phi) is 2.52. The van der Waals surface area contributed by atoms with Crippen molar-refractivity contribution < 1.29 is 5.11 Å². The molecule has 1 aromatic heterocycles. The smallest absolute Gasteiger partial charge is 0.135 e. The van der Waals surface area contributed by atoms with Gasteiger partial charge in [-0.05, 0) is 24.6 Å². The molecule has 0 fully saturated rings. The van der Waals surface area contributed by atoms with E-state index in [4.69, 9.17) is 17.3 Å². The average molecular weight is 238 g/mol. The summed E-state index contributed by atoms with van der Waals surface area (Å²) in [5.74, 6) is 0.605. The van der Waals surface area contributed by atoms with Gasteiger partial charge in [-0.15, -0.1) is 0 Å². The van der Waals surface area contributed by atoms with E-state index in [0.717, 1.165) is 5.56 Å². The lowest BCUT2D eigenvalue weighted by Crippen LogP contribution is -1.96. The Morgan fingerprint density at radius 3 is 2.62 bits per heavy atom. The standard InChI is InChI=1S/C11H12ClN3O/c1-6-3-7(11(12)9(16)4-6)8-5-10(13)15(2)14-8/h3-5,16H,13H2,1-2H3. The van der Waals surface area contributed by atoms with Crippen molar-refractivity contribution in [3.8, 4) is 17.0 Å². The van der Waals surface area contributed by atoms with E-state index in [1.807, 2.05) is 13.0 Å². The van der Waals surface area contributed by atoms with Crippen LogP contribution in [0, 0.1) is 6.92 Å². The van der Waals surface area contributed by atoms with Gasteiger partial charge in [0.15, 0.2) is 0 Å². The average Bonchev–Trinajstić information content (AvgIpc) is 2.53. The van der Waals surface area contributed by atoms with Gasteiger partial charge in [0.2, 0.25) is 0 Å². The van der Waals surface area contributed by atoms with Crippen LogP contribution in [0.3, 0.4) is 0 Å². The summed E-state index contributed by atoms with van der Waals surface area (Å²) in [6.07, 6.45) is 0. The lowest BCUT2D eigenvalue weighted by molar-refractivity contribution is 0.475. The maximum Gasteiger partial charge on any atom is 0.135 e. The number of aryl methyl sites for hydroxylation is 2. The van der Waals surface area contributed by atoms with E-state index in [-0.39, 0.29) is 5.75 Å². The highest BCUT2D eigenvalue weighted by Gasteiger charge is 2.12. The normalized spacial score (nSPS) is 10.7. The topological polar surface area (TPSA) is 64.1 Å². The van der Waals surface area contributed by atoms with Crippen LogP contribution in [0.4, 0.5) is 5.82 Å². The van der Waals surface area contributed by atoms with Gasteiger partial charge in [0.05, 0.1) is 10.7 Å². The number of halogens is 1. The second kappa shape index (κ2) is 3.72. The van der Waals surface area contributed by atoms with Gasteiger partial charge in [0.1, 0.15) is 11.6 Å². The van der Waals surface area contributed by atoms with Gasteiger partial charge in [0, 0.05) is 18.7 Å². The number of nitrogen functional groups attached to an aromatic ring is 1. The first-order chi connectivity index (χ1) is 7.49. The van der Waals surface area contributed by atoms with Crippen LogP contribution < -0.4 is 5.73 Å². The highest BCUT2D eigenvalue weighted by atomic mass is 35.5. The number of aromatic nitrogens is 2. The molecule has 1 heterocycles. The number of nitrogens with two attached hydrogens (primary N) is 1. The predicted octanol–water partition coefficient (Wildman–Crippen LogP) is 2.34. The number of anilines is 1. The van der Waals surface area contributed by atoms with E-state index in [9.17, 15) is 5.11 Å². The Labute approximate surface area is 98.3 Å². The monoisotopic (exact) mass is 237 g/mol. The quantitative estimate of drug-likeness (QED) is 0.800. The molecule has 5 heteroatoms. The van der Waals surface area contributed by atoms with Crippen molar-refractivity contribution in [3.63, 3.8) is 0 Å². The molecule has 1 aromatic carbocycles. The highest BCUT2D eigenvalue weighted by Crippen LogP contribution is 2.35. The molecule has 2 aromatic rings. The summed E-state index contributed by atoms with van der Waals surface area (Å²) in [4.78, 5) is 0. The van der Waals surface area contributed by atoms with Crippen LogP contribution in [-0.4, -0.2) is 14.9 Å². The summed E-state index contributed by atoms with van der Waals surface area (Å²) in [7, 11) is 1.75. The van der Waals surface area contributed by atoms with Crippen molar-refractivity contribution in [2.24, 2.45) is 7.05 Å². The van der Waals surface area contributed by atoms with Crippen molar-refractivity contribution in [1.29, 1.82) is 0 Å². The minimum Gasteiger partial charge on any atom is -0.506 e. The SMILES string of the molecule is Cc1cc(O)c(Cl)c(-c2cc(N)n(C)n2)c1. The zero-order valence-corrected chi connectivity index (χ0v) is 9.78. The summed E-state index contributed by atoms with van der Waals surface area (Å²) in [5.41, 5.74) is 7.96. The molecule has 0 radical (unpaired) electrons. The molecule has 0 unspecified atom stereocenters. The lowest BCUT2D eigenvalue weighted by atomic mass is 10.1. The first kappa shape index (κ1) is 10.8. The first-order valence-electron chi connectivity index (χ1n) is 4.78. The van der Waals surface area contributed by atoms with Crippen molar-refractivity contribution >= 4 is 17.4 Å². The third-order valence-corrected chi connectivity index (χ3v) is 2.79. The fourth-order valence-corrected chi connectivity index (χ4v) is 1.76. The maximum absolute atomic E-state index is 9.62. The summed E-state index contributed by atoms with van der Waals surface area (Å²) in [6.45, 7) is 1.88. The van der Waals surface area contributed by atoms with Crippen LogP contribution in [0.15, 0.2) is 18.2 Å². The van der Waals surface area contributed by atoms with E-state index in [0.29, 0.717) is 22.1 Å². The molecule has 0 spiro atoms. The van der Waals surface area contributed by atoms with E-state index >= 15 is 0 Å². The molecule has 3 N–H and O–H groups in total. The van der Waals surface area contributed by atoms with Crippen LogP contribution in [0.2, 0.25) is 5.02 Å². The van der Waals surface area contributed by atoms with Gasteiger partial charge < -0.3 is 10.8 Å². The fourth-order valence-electron chi connectivity index (χ4n) is 1.55. The number of hydrogen-bond acceptors (Lipinski definition) is 3. The molecule has 84 valence electrons. The molecule has 4 nitrogen and oxygen atoms in total. The summed E-state index contributed by atoms with van der Waals surface area (Å²) >= 11 is 6.02. The first-order valence-corrected chi connectivity index (χ1v) is 5.16. The second-order valence-corrected chi connectivity index (χ2v) is 4.10. The predicted molar refractivity (Wildman–Crippen MR) is 64.5 cm³/mol. The molecule has 0 atom stereocenters. The molecule has 0 saturated heterocycles. The van der Waals surface area contributed by atoms with E-state index in [1.165, 1.54) is 0 Å². The highest BCUT2D eigenvalue weighted by molar-refractivity contribution is 6.34. The molecule has 16 heavy (non-hydrogen) atoms. The van der Waals surface area contributed by atoms with Crippen molar-refractivity contribution in [3.05, 3.63) is 28.8 Å². The molecular weight excluding hydrogens is 226 g/mol. The summed E-state index contributed by atoms with van der Waals surface area (Å²) in [5, 5.41) is 14.1. The van der Waals surface area contributed by atoms with Crippen molar-refractivity contribution in [2.75, 3.05) is 5.73 Å². The van der Waals surface area contributed by atoms with Crippen LogP contribution in [0.1, 0.15) is 5.56 Å². The zero-order chi connectivity index (χ0) is 11.9. The minimum absolute atomic E-state index is 0.0564. The van der Waals surface area contributed by atoms with E-state index in [2.05, 4.69) is 5.10 Å². The molecule has 0 aliphatic heterocycles. The van der Waals surface area contributed by atoms with Crippen LogP contribution in [0.5, 0.6) is 5.75 Å². The third kappa shape index (κ3) is 1.72. The number of phenols is 1. The van der Waals surface area contributed by atoms with Gasteiger partial charge in [-0.25, -0.2) is 0 Å². The van der Waals surface area contributed by atoms with E-state index in [1.54, 1.807) is 23.9 Å². The Balaban J connectivity index is 2.63. The molecule has 2 rings (SSSR count). The number of phenolic OH excluding ortho intramolecular Hbond substituents is 1. The number of rotatable bonds is 1. The van der Waals surface area contributed by atoms with Crippen molar-refractivity contribution in [1.82, 2.24) is 9.78 Å². The Morgan fingerprint density at radius 1 is 1.38 bits per heavy atom. The Bertz CT molecular complexity index is 529. The summed E-state index contributed by atoms with van der Waals surface area (Å²) in [6, 6.07) is 5.20. The molecular formula is C11H12ClN3O. The third-order valence-electron chi connectivity index (χ3n) is 2.39. The Hall–Kier alpha value is -1.68. The van der Waals surface area contributed by atoms with Gasteiger partial charge in [0.25, 0.3) is 0 Å². The molecule has 0 amide bonds. The van der Waals surface area contributed by atoms with Crippen LogP contribution in [0.25, 0.3) is 11.3 Å². The number of benzene rings is 1. The molecule has 0 bridgehead atoms. The lowest BCUT2D eigenvalue weighted by Gasteiger charge is -2.04. The van der Waals surface area contributed by atoms with Crippen molar-refractivity contribution in [2.45, 2.75) is 6.92 Å². The van der Waals surface area contributed by atoms with Gasteiger partial charge >= 0.3 is 0 Å². The summed E-state index contributed by atoms with van der Waals surface area (Å²) < 4.78 is 1.56. The van der Waals surface area contributed by atoms with Crippen LogP contribution in [-0.2, 0) is 7.05 Å².